The molecule has 1 aromatic heterocycles. The lowest BCUT2D eigenvalue weighted by molar-refractivity contribution is 0.239. The van der Waals surface area contributed by atoms with Gasteiger partial charge in [0, 0.05) is 23.0 Å². The molecule has 3 heteroatoms. The van der Waals surface area contributed by atoms with Crippen LogP contribution in [0.25, 0.3) is 0 Å². The van der Waals surface area contributed by atoms with Gasteiger partial charge in [-0.05, 0) is 38.3 Å². The fourth-order valence-corrected chi connectivity index (χ4v) is 2.68. The van der Waals surface area contributed by atoms with Crippen molar-refractivity contribution >= 4 is 11.3 Å². The number of rotatable bonds is 6. The van der Waals surface area contributed by atoms with E-state index in [1.807, 2.05) is 12.1 Å². The molecular formula is C16H21NOS. The monoisotopic (exact) mass is 275 g/mol. The minimum absolute atomic E-state index is 0.205. The molecule has 0 unspecified atom stereocenters. The Morgan fingerprint density at radius 2 is 1.89 bits per heavy atom. The zero-order valence-corrected chi connectivity index (χ0v) is 12.5. The van der Waals surface area contributed by atoms with E-state index in [1.54, 1.807) is 11.3 Å². The highest BCUT2D eigenvalue weighted by Gasteiger charge is 2.08. The molecule has 0 amide bonds. The molecule has 0 aliphatic rings. The second-order valence-electron chi connectivity index (χ2n) is 4.89. The van der Waals surface area contributed by atoms with Crippen LogP contribution >= 0.6 is 11.3 Å². The van der Waals surface area contributed by atoms with Crippen LogP contribution in [0.4, 0.5) is 0 Å². The number of ether oxygens (including phenoxy) is 1. The van der Waals surface area contributed by atoms with Gasteiger partial charge in [0.15, 0.2) is 0 Å². The molecule has 0 aliphatic carbocycles. The first-order chi connectivity index (χ1) is 9.16. The van der Waals surface area contributed by atoms with Crippen LogP contribution in [-0.4, -0.2) is 6.10 Å². The smallest absolute Gasteiger partial charge is 0.124 e. The van der Waals surface area contributed by atoms with Gasteiger partial charge in [-0.3, -0.25) is 0 Å². The summed E-state index contributed by atoms with van der Waals surface area (Å²) in [6.07, 6.45) is 0.205. The van der Waals surface area contributed by atoms with Gasteiger partial charge in [0.2, 0.25) is 0 Å². The molecule has 1 heterocycles. The van der Waals surface area contributed by atoms with Gasteiger partial charge in [-0.1, -0.05) is 24.3 Å². The van der Waals surface area contributed by atoms with Gasteiger partial charge >= 0.3 is 0 Å². The van der Waals surface area contributed by atoms with E-state index in [1.165, 1.54) is 10.4 Å². The summed E-state index contributed by atoms with van der Waals surface area (Å²) < 4.78 is 5.83. The first-order valence-electron chi connectivity index (χ1n) is 6.68. The van der Waals surface area contributed by atoms with Crippen LogP contribution in [0, 0.1) is 0 Å². The summed E-state index contributed by atoms with van der Waals surface area (Å²) in [6.45, 7) is 7.12. The Morgan fingerprint density at radius 3 is 2.58 bits per heavy atom. The summed E-state index contributed by atoms with van der Waals surface area (Å²) in [5, 5.41) is 5.66. The van der Waals surface area contributed by atoms with Gasteiger partial charge in [-0.2, -0.15) is 0 Å². The minimum Gasteiger partial charge on any atom is -0.491 e. The number of hydrogen-bond donors (Lipinski definition) is 1. The molecule has 19 heavy (non-hydrogen) atoms. The predicted octanol–water partition coefficient (Wildman–Crippen LogP) is 4.39. The van der Waals surface area contributed by atoms with Crippen molar-refractivity contribution in [1.82, 2.24) is 5.32 Å². The number of para-hydroxylation sites is 1. The molecule has 2 nitrogen and oxygen atoms in total. The average Bonchev–Trinajstić information content (AvgIpc) is 2.90. The van der Waals surface area contributed by atoms with E-state index in [4.69, 9.17) is 4.74 Å². The van der Waals surface area contributed by atoms with E-state index >= 15 is 0 Å². The van der Waals surface area contributed by atoms with Crippen molar-refractivity contribution in [2.75, 3.05) is 0 Å². The van der Waals surface area contributed by atoms with Crippen molar-refractivity contribution in [3.8, 4) is 5.75 Å². The van der Waals surface area contributed by atoms with E-state index in [0.717, 1.165) is 12.3 Å². The highest BCUT2D eigenvalue weighted by Crippen LogP contribution is 2.22. The molecule has 0 spiro atoms. The van der Waals surface area contributed by atoms with E-state index in [9.17, 15) is 0 Å². The molecule has 0 saturated carbocycles. The molecule has 1 aromatic carbocycles. The Hall–Kier alpha value is -1.32. The van der Waals surface area contributed by atoms with Crippen LogP contribution in [0.2, 0.25) is 0 Å². The van der Waals surface area contributed by atoms with Crippen molar-refractivity contribution in [3.63, 3.8) is 0 Å². The SMILES string of the molecule is CC(C)Oc1ccccc1CN[C@H](C)c1cccs1. The summed E-state index contributed by atoms with van der Waals surface area (Å²) in [6, 6.07) is 12.8. The molecule has 0 aliphatic heterocycles. The standard InChI is InChI=1S/C16H21NOS/c1-12(2)18-15-8-5-4-7-14(15)11-17-13(3)16-9-6-10-19-16/h4-10,12-13,17H,11H2,1-3H3/t13-/m1/s1. The van der Waals surface area contributed by atoms with Gasteiger partial charge in [-0.15, -0.1) is 11.3 Å². The number of benzene rings is 1. The fraction of sp³-hybridized carbons (Fsp3) is 0.375. The van der Waals surface area contributed by atoms with Crippen molar-refractivity contribution in [3.05, 3.63) is 52.2 Å². The number of hydrogen-bond acceptors (Lipinski definition) is 3. The van der Waals surface area contributed by atoms with Crippen LogP contribution in [0.5, 0.6) is 5.75 Å². The zero-order chi connectivity index (χ0) is 13.7. The Morgan fingerprint density at radius 1 is 1.11 bits per heavy atom. The van der Waals surface area contributed by atoms with Gasteiger partial charge in [-0.25, -0.2) is 0 Å². The molecule has 1 atom stereocenters. The summed E-state index contributed by atoms with van der Waals surface area (Å²) in [5.74, 6) is 0.975. The third-order valence-corrected chi connectivity index (χ3v) is 3.96. The summed E-state index contributed by atoms with van der Waals surface area (Å²) in [4.78, 5) is 1.36. The van der Waals surface area contributed by atoms with E-state index in [0.29, 0.717) is 6.04 Å². The van der Waals surface area contributed by atoms with Crippen molar-refractivity contribution in [1.29, 1.82) is 0 Å². The lowest BCUT2D eigenvalue weighted by Gasteiger charge is -2.16. The molecule has 0 fully saturated rings. The van der Waals surface area contributed by atoms with E-state index < -0.39 is 0 Å². The summed E-state index contributed by atoms with van der Waals surface area (Å²) in [7, 11) is 0. The third kappa shape index (κ3) is 4.08. The molecule has 2 rings (SSSR count). The van der Waals surface area contributed by atoms with Crippen LogP contribution in [-0.2, 0) is 6.54 Å². The molecule has 0 bridgehead atoms. The van der Waals surface area contributed by atoms with E-state index in [-0.39, 0.29) is 6.10 Å². The van der Waals surface area contributed by atoms with Crippen molar-refractivity contribution < 1.29 is 4.74 Å². The first-order valence-corrected chi connectivity index (χ1v) is 7.56. The highest BCUT2D eigenvalue weighted by atomic mass is 32.1. The molecule has 102 valence electrons. The minimum atomic E-state index is 0.205. The largest absolute Gasteiger partial charge is 0.491 e. The second kappa shape index (κ2) is 6.73. The summed E-state index contributed by atoms with van der Waals surface area (Å²) >= 11 is 1.79. The van der Waals surface area contributed by atoms with Crippen LogP contribution < -0.4 is 10.1 Å². The van der Waals surface area contributed by atoms with Crippen LogP contribution in [0.1, 0.15) is 37.3 Å². The van der Waals surface area contributed by atoms with Gasteiger partial charge in [0.05, 0.1) is 6.10 Å². The molecular weight excluding hydrogens is 254 g/mol. The lowest BCUT2D eigenvalue weighted by atomic mass is 10.2. The van der Waals surface area contributed by atoms with Crippen LogP contribution in [0.15, 0.2) is 41.8 Å². The molecule has 2 aromatic rings. The Kier molecular flexibility index (Phi) is 5.00. The van der Waals surface area contributed by atoms with Gasteiger partial charge in [0.25, 0.3) is 0 Å². The fourth-order valence-electron chi connectivity index (χ4n) is 1.92. The quantitative estimate of drug-likeness (QED) is 0.844. The number of thiophene rings is 1. The topological polar surface area (TPSA) is 21.3 Å². The van der Waals surface area contributed by atoms with Crippen molar-refractivity contribution in [2.24, 2.45) is 0 Å². The first kappa shape index (κ1) is 14.1. The normalized spacial score (nSPS) is 12.6. The third-order valence-electron chi connectivity index (χ3n) is 2.90. The summed E-state index contributed by atoms with van der Waals surface area (Å²) in [5.41, 5.74) is 1.21. The predicted molar refractivity (Wildman–Crippen MR) is 81.8 cm³/mol. The molecule has 0 radical (unpaired) electrons. The Labute approximate surface area is 119 Å². The average molecular weight is 275 g/mol. The zero-order valence-electron chi connectivity index (χ0n) is 11.7. The maximum Gasteiger partial charge on any atom is 0.124 e. The van der Waals surface area contributed by atoms with Gasteiger partial charge < -0.3 is 10.1 Å². The van der Waals surface area contributed by atoms with Crippen LogP contribution in [0.3, 0.4) is 0 Å². The Bertz CT molecular complexity index is 493. The maximum atomic E-state index is 5.83. The highest BCUT2D eigenvalue weighted by molar-refractivity contribution is 7.10. The van der Waals surface area contributed by atoms with Gasteiger partial charge in [0.1, 0.15) is 5.75 Å². The lowest BCUT2D eigenvalue weighted by Crippen LogP contribution is -2.18. The molecule has 0 saturated heterocycles. The molecule has 1 N–H and O–H groups in total. The Balaban J connectivity index is 1.99. The second-order valence-corrected chi connectivity index (χ2v) is 5.87. The van der Waals surface area contributed by atoms with Crippen molar-refractivity contribution in [2.45, 2.75) is 39.5 Å². The maximum absolute atomic E-state index is 5.83. The van der Waals surface area contributed by atoms with E-state index in [2.05, 4.69) is 55.7 Å². The number of nitrogens with one attached hydrogen (secondary N) is 1.